The molecule has 3 unspecified atom stereocenters. The van der Waals surface area contributed by atoms with Crippen molar-refractivity contribution in [2.75, 3.05) is 4.90 Å². The van der Waals surface area contributed by atoms with Crippen LogP contribution in [0.4, 0.5) is 11.4 Å². The minimum Gasteiger partial charge on any atom is -0.333 e. The van der Waals surface area contributed by atoms with E-state index in [9.17, 15) is 0 Å². The molecule has 0 saturated heterocycles. The summed E-state index contributed by atoms with van der Waals surface area (Å²) in [4.78, 5) is 2.62. The summed E-state index contributed by atoms with van der Waals surface area (Å²) in [5, 5.41) is 13.0. The fraction of sp³-hybridized carbons (Fsp3) is 0.0877. The van der Waals surface area contributed by atoms with Crippen molar-refractivity contribution < 1.29 is 0 Å². The Morgan fingerprint density at radius 3 is 1.83 bits per heavy atom. The Bertz CT molecular complexity index is 3250. The van der Waals surface area contributed by atoms with E-state index in [0.29, 0.717) is 0 Å². The number of hydrogen-bond acceptors (Lipinski definition) is 1. The van der Waals surface area contributed by atoms with Crippen molar-refractivity contribution in [3.05, 3.63) is 238 Å². The molecule has 2 aliphatic carbocycles. The molecule has 11 rings (SSSR count). The molecular weight excluding hydrogens is 779 g/mol. The molecule has 0 aromatic heterocycles. The van der Waals surface area contributed by atoms with E-state index in [-0.39, 0.29) is 17.9 Å². The number of halogens is 1. The highest BCUT2D eigenvalue weighted by molar-refractivity contribution is 9.10. The minimum absolute atomic E-state index is 0.0555. The Morgan fingerprint density at radius 2 is 1.10 bits per heavy atom. The van der Waals surface area contributed by atoms with E-state index in [2.05, 4.69) is 233 Å². The van der Waals surface area contributed by atoms with Gasteiger partial charge in [-0.3, -0.25) is 0 Å². The molecule has 282 valence electrons. The third kappa shape index (κ3) is 6.40. The maximum atomic E-state index is 3.71. The molecule has 3 atom stereocenters. The lowest BCUT2D eigenvalue weighted by atomic mass is 9.80. The highest BCUT2D eigenvalue weighted by Gasteiger charge is 2.32. The number of allylic oxidation sites excluding steroid dienone is 3. The Labute approximate surface area is 353 Å². The van der Waals surface area contributed by atoms with Crippen LogP contribution in [0.1, 0.15) is 29.0 Å². The molecule has 0 spiro atoms. The number of benzene rings is 9. The van der Waals surface area contributed by atoms with Crippen molar-refractivity contribution in [3.8, 4) is 0 Å². The van der Waals surface area contributed by atoms with Gasteiger partial charge in [0.25, 0.3) is 0 Å². The molecule has 0 bridgehead atoms. The number of nitrogens with zero attached hydrogens (tertiary/aromatic N) is 1. The molecule has 0 heterocycles. The molecule has 2 aliphatic rings. The Balaban J connectivity index is 1.05. The molecule has 0 radical (unpaired) electrons. The second-order valence-corrected chi connectivity index (χ2v) is 17.0. The van der Waals surface area contributed by atoms with Crippen molar-refractivity contribution in [2.45, 2.75) is 24.8 Å². The summed E-state index contributed by atoms with van der Waals surface area (Å²) in [5.74, 6) is 0.406. The third-order valence-corrected chi connectivity index (χ3v) is 13.3. The lowest BCUT2D eigenvalue weighted by Gasteiger charge is -2.40. The maximum absolute atomic E-state index is 3.71. The topological polar surface area (TPSA) is 3.24 Å². The van der Waals surface area contributed by atoms with Crippen molar-refractivity contribution in [1.82, 2.24) is 0 Å². The first-order valence-electron chi connectivity index (χ1n) is 20.8. The van der Waals surface area contributed by atoms with Crippen LogP contribution in [0.25, 0.3) is 54.7 Å². The van der Waals surface area contributed by atoms with Crippen LogP contribution in [-0.2, 0) is 6.42 Å². The van der Waals surface area contributed by atoms with Crippen LogP contribution in [-0.4, -0.2) is 6.04 Å². The lowest BCUT2D eigenvalue weighted by molar-refractivity contribution is 0.701. The second kappa shape index (κ2) is 15.0. The molecule has 0 amide bonds. The first-order valence-corrected chi connectivity index (χ1v) is 21.6. The first-order chi connectivity index (χ1) is 29.2. The standard InChI is InChI=1S/C57H42BrN/c58-44-30-25-38(26-31-44)46(34-29-43-35-40-13-1-4-16-47(40)51-20-8-7-19-50(43)51)39-27-32-45(33-28-39)59(56-36-41-14-2-5-17-48(41)52-21-9-11-23-54(52)56)57-37-42-15-3-6-18-49(42)53-22-10-12-24-55(53)57/h1-28,30-33,35-37,46,54,56H,29,34H2. The van der Waals surface area contributed by atoms with E-state index in [1.807, 2.05) is 0 Å². The van der Waals surface area contributed by atoms with Gasteiger partial charge in [0.2, 0.25) is 0 Å². The summed E-state index contributed by atoms with van der Waals surface area (Å²) < 4.78 is 1.10. The van der Waals surface area contributed by atoms with Gasteiger partial charge in [-0.15, -0.1) is 0 Å². The van der Waals surface area contributed by atoms with Gasteiger partial charge in [-0.1, -0.05) is 198 Å². The quantitative estimate of drug-likeness (QED) is 0.138. The Morgan fingerprint density at radius 1 is 0.525 bits per heavy atom. The van der Waals surface area contributed by atoms with Crippen molar-refractivity contribution in [3.63, 3.8) is 0 Å². The van der Waals surface area contributed by atoms with Gasteiger partial charge in [-0.25, -0.2) is 0 Å². The third-order valence-electron chi connectivity index (χ3n) is 12.8. The molecule has 0 fully saturated rings. The average Bonchev–Trinajstić information content (AvgIpc) is 3.30. The highest BCUT2D eigenvalue weighted by atomic mass is 79.9. The fourth-order valence-electron chi connectivity index (χ4n) is 9.99. The van der Waals surface area contributed by atoms with Crippen LogP contribution in [0.15, 0.2) is 211 Å². The zero-order valence-corrected chi connectivity index (χ0v) is 34.3. The van der Waals surface area contributed by atoms with Gasteiger partial charge in [-0.2, -0.15) is 0 Å². The Kier molecular flexibility index (Phi) is 9.09. The summed E-state index contributed by atoms with van der Waals surface area (Å²) >= 11 is 3.71. The summed E-state index contributed by atoms with van der Waals surface area (Å²) in [7, 11) is 0. The van der Waals surface area contributed by atoms with Crippen LogP contribution in [0.3, 0.4) is 0 Å². The van der Waals surface area contributed by atoms with E-state index >= 15 is 0 Å². The molecule has 0 saturated carbocycles. The molecular formula is C57H42BrN. The second-order valence-electron chi connectivity index (χ2n) is 16.0. The summed E-state index contributed by atoms with van der Waals surface area (Å²) in [6.45, 7) is 0. The van der Waals surface area contributed by atoms with E-state index < -0.39 is 0 Å². The summed E-state index contributed by atoms with van der Waals surface area (Å²) in [6.07, 6.45) is 13.6. The van der Waals surface area contributed by atoms with Gasteiger partial charge in [0.05, 0.1) is 11.7 Å². The van der Waals surface area contributed by atoms with Crippen LogP contribution in [0, 0.1) is 5.92 Å². The molecule has 9 aromatic carbocycles. The molecule has 1 nitrogen and oxygen atoms in total. The molecule has 0 aliphatic heterocycles. The molecule has 9 aromatic rings. The van der Waals surface area contributed by atoms with E-state index in [1.165, 1.54) is 87.2 Å². The number of rotatable bonds is 8. The predicted octanol–water partition coefficient (Wildman–Crippen LogP) is 13.7. The van der Waals surface area contributed by atoms with E-state index in [4.69, 9.17) is 0 Å². The monoisotopic (exact) mass is 819 g/mol. The predicted molar refractivity (Wildman–Crippen MR) is 255 cm³/mol. The smallest absolute Gasteiger partial charge is 0.0635 e. The molecule has 0 N–H and O–H groups in total. The highest BCUT2D eigenvalue weighted by Crippen LogP contribution is 2.43. The maximum Gasteiger partial charge on any atom is 0.0635 e. The van der Waals surface area contributed by atoms with Gasteiger partial charge in [0.1, 0.15) is 0 Å². The SMILES string of the molecule is Brc1ccc(C(CCc2cc3ccccc3c3ccccc23)c2ccc(N(c3cc4ccccc4c4ccccc34)C3C=c4ccccc4=C4C=CC=CC43)cc2)cc1. The fourth-order valence-corrected chi connectivity index (χ4v) is 10.2. The van der Waals surface area contributed by atoms with Crippen LogP contribution < -0.4 is 15.3 Å². The van der Waals surface area contributed by atoms with Gasteiger partial charge in [0.15, 0.2) is 0 Å². The van der Waals surface area contributed by atoms with Crippen molar-refractivity contribution >= 4 is 82.0 Å². The molecule has 59 heavy (non-hydrogen) atoms. The lowest BCUT2D eigenvalue weighted by Crippen LogP contribution is -2.45. The zero-order chi connectivity index (χ0) is 39.3. The summed E-state index contributed by atoms with van der Waals surface area (Å²) in [6, 6.07) is 67.8. The van der Waals surface area contributed by atoms with Crippen molar-refractivity contribution in [2.24, 2.45) is 5.92 Å². The van der Waals surface area contributed by atoms with Crippen LogP contribution in [0.2, 0.25) is 0 Å². The van der Waals surface area contributed by atoms with Gasteiger partial charge in [-0.05, 0) is 114 Å². The summed E-state index contributed by atoms with van der Waals surface area (Å²) in [5.41, 5.74) is 7.85. The largest absolute Gasteiger partial charge is 0.333 e. The Hall–Kier alpha value is -6.48. The number of anilines is 2. The van der Waals surface area contributed by atoms with Gasteiger partial charge >= 0.3 is 0 Å². The van der Waals surface area contributed by atoms with Gasteiger partial charge < -0.3 is 4.90 Å². The minimum atomic E-state index is 0.0555. The first kappa shape index (κ1) is 35.7. The average molecular weight is 821 g/mol. The van der Waals surface area contributed by atoms with Crippen molar-refractivity contribution in [1.29, 1.82) is 0 Å². The zero-order valence-electron chi connectivity index (χ0n) is 32.7. The van der Waals surface area contributed by atoms with Gasteiger partial charge in [0, 0.05) is 27.4 Å². The van der Waals surface area contributed by atoms with E-state index in [0.717, 1.165) is 17.3 Å². The molecule has 2 heteroatoms. The number of fused-ring (bicyclic) bond motifs is 8. The normalized spacial score (nSPS) is 16.3. The number of hydrogen-bond donors (Lipinski definition) is 0. The number of aryl methyl sites for hydroxylation is 1. The van der Waals surface area contributed by atoms with Crippen LogP contribution in [0.5, 0.6) is 0 Å². The van der Waals surface area contributed by atoms with Crippen LogP contribution >= 0.6 is 15.9 Å². The van der Waals surface area contributed by atoms with E-state index in [1.54, 1.807) is 0 Å².